The smallest absolute Gasteiger partial charge is 0.229 e. The van der Waals surface area contributed by atoms with Gasteiger partial charge in [-0.2, -0.15) is 0 Å². The summed E-state index contributed by atoms with van der Waals surface area (Å²) in [4.78, 5) is 47.9. The maximum atomic E-state index is 11.5. The highest BCUT2D eigenvalue weighted by atomic mass is 16.2. The molecule has 0 bridgehead atoms. The lowest BCUT2D eigenvalue weighted by Gasteiger charge is -2.34. The Morgan fingerprint density at radius 2 is 1.08 bits per heavy atom. The molecule has 2 fully saturated rings. The highest BCUT2D eigenvalue weighted by molar-refractivity contribution is 5.98. The van der Waals surface area contributed by atoms with Gasteiger partial charge in [-0.15, -0.1) is 0 Å². The molecule has 0 N–H and O–H groups in total. The predicted octanol–water partition coefficient (Wildman–Crippen LogP) is 3.00. The summed E-state index contributed by atoms with van der Waals surface area (Å²) in [7, 11) is 1.54. The number of hydrogen-bond acceptors (Lipinski definition) is 4. The second-order valence-corrected chi connectivity index (χ2v) is 8.32. The number of likely N-dealkylation sites (tertiary alicyclic amines) is 2. The van der Waals surface area contributed by atoms with E-state index in [4.69, 9.17) is 0 Å². The molecule has 0 spiro atoms. The van der Waals surface area contributed by atoms with E-state index in [1.807, 2.05) is 34.6 Å². The first-order valence-corrected chi connectivity index (χ1v) is 8.51. The average molecular weight is 354 g/mol. The van der Waals surface area contributed by atoms with Gasteiger partial charge < -0.3 is 0 Å². The first kappa shape index (κ1) is 23.3. The summed E-state index contributed by atoms with van der Waals surface area (Å²) >= 11 is 0. The van der Waals surface area contributed by atoms with E-state index in [-0.39, 0.29) is 41.9 Å². The van der Waals surface area contributed by atoms with Crippen LogP contribution >= 0.6 is 0 Å². The number of rotatable bonds is 2. The van der Waals surface area contributed by atoms with Crippen LogP contribution in [0.1, 0.15) is 74.1 Å². The molecule has 0 saturated carbocycles. The van der Waals surface area contributed by atoms with Gasteiger partial charge in [0.05, 0.1) is 0 Å². The van der Waals surface area contributed by atoms with Gasteiger partial charge in [-0.3, -0.25) is 29.0 Å². The third kappa shape index (κ3) is 6.59. The Balaban J connectivity index is 0.000000449. The maximum Gasteiger partial charge on any atom is 0.229 e. The average Bonchev–Trinajstić information content (AvgIpc) is 2.39. The van der Waals surface area contributed by atoms with E-state index in [0.717, 1.165) is 6.42 Å². The van der Waals surface area contributed by atoms with E-state index >= 15 is 0 Å². The van der Waals surface area contributed by atoms with Gasteiger partial charge >= 0.3 is 0 Å². The molecule has 0 aliphatic carbocycles. The van der Waals surface area contributed by atoms with Crippen LogP contribution in [-0.4, -0.2) is 47.0 Å². The topological polar surface area (TPSA) is 74.8 Å². The van der Waals surface area contributed by atoms with E-state index in [1.54, 1.807) is 7.05 Å². The largest absolute Gasteiger partial charge is 0.286 e. The van der Waals surface area contributed by atoms with Gasteiger partial charge in [-0.05, 0) is 17.3 Å². The Bertz CT molecular complexity index is 498. The molecule has 2 aliphatic rings. The molecule has 6 heteroatoms. The number of amides is 4. The van der Waals surface area contributed by atoms with E-state index in [1.165, 1.54) is 9.80 Å². The van der Waals surface area contributed by atoms with Gasteiger partial charge in [0.1, 0.15) is 0 Å². The number of nitrogens with zero attached hydrogens (tertiary/aromatic N) is 2. The second-order valence-electron chi connectivity index (χ2n) is 8.32. The van der Waals surface area contributed by atoms with Gasteiger partial charge in [0.2, 0.25) is 23.6 Å². The first-order valence-electron chi connectivity index (χ1n) is 8.51. The third-order valence-electron chi connectivity index (χ3n) is 4.32. The van der Waals surface area contributed by atoms with Gasteiger partial charge in [0, 0.05) is 39.3 Å². The fourth-order valence-electron chi connectivity index (χ4n) is 2.94. The molecule has 0 radical (unpaired) electrons. The van der Waals surface area contributed by atoms with Crippen molar-refractivity contribution in [3.8, 4) is 0 Å². The van der Waals surface area contributed by atoms with Crippen LogP contribution in [0.3, 0.4) is 0 Å². The van der Waals surface area contributed by atoms with Gasteiger partial charge in [-0.1, -0.05) is 42.0 Å². The minimum Gasteiger partial charge on any atom is -0.286 e. The second kappa shape index (κ2) is 8.59. The third-order valence-corrected chi connectivity index (χ3v) is 4.32. The van der Waals surface area contributed by atoms with Crippen molar-refractivity contribution in [2.24, 2.45) is 10.8 Å². The summed E-state index contributed by atoms with van der Waals surface area (Å²) in [6.45, 7) is 10.4. The molecule has 0 unspecified atom stereocenters. The molecule has 144 valence electrons. The van der Waals surface area contributed by atoms with Crippen molar-refractivity contribution in [3.63, 3.8) is 0 Å². The van der Waals surface area contributed by atoms with E-state index < -0.39 is 0 Å². The molecule has 2 heterocycles. The molecule has 6 nitrogen and oxygen atoms in total. The number of carbonyl (C=O) groups excluding carboxylic acids is 4. The molecular formula is C19H34N2O4. The normalized spacial score (nSPS) is 22.2. The predicted molar refractivity (Wildman–Crippen MR) is 97.5 cm³/mol. The van der Waals surface area contributed by atoms with Crippen LogP contribution in [0, 0.1) is 10.8 Å². The van der Waals surface area contributed by atoms with E-state index in [2.05, 4.69) is 0 Å². The Hall–Kier alpha value is -1.72. The van der Waals surface area contributed by atoms with Crippen LogP contribution in [0.25, 0.3) is 0 Å². The van der Waals surface area contributed by atoms with Crippen molar-refractivity contribution in [1.82, 2.24) is 9.80 Å². The SMILES string of the molecule is C.CCCN1C(=O)CC(C)(C)CC1=O.CN1C(=O)CC(C)(C)CC1=O. The summed E-state index contributed by atoms with van der Waals surface area (Å²) in [5.74, 6) is -0.149. The molecule has 2 rings (SSSR count). The van der Waals surface area contributed by atoms with Crippen molar-refractivity contribution >= 4 is 23.6 Å². The molecule has 4 amide bonds. The van der Waals surface area contributed by atoms with Crippen LogP contribution in [0.15, 0.2) is 0 Å². The Labute approximate surface area is 151 Å². The van der Waals surface area contributed by atoms with Crippen LogP contribution in [0.4, 0.5) is 0 Å². The molecule has 0 aromatic carbocycles. The van der Waals surface area contributed by atoms with Crippen molar-refractivity contribution in [2.45, 2.75) is 74.1 Å². The van der Waals surface area contributed by atoms with Gasteiger partial charge in [0.15, 0.2) is 0 Å². The maximum absolute atomic E-state index is 11.5. The van der Waals surface area contributed by atoms with Crippen LogP contribution in [-0.2, 0) is 19.2 Å². The Morgan fingerprint density at radius 1 is 0.760 bits per heavy atom. The number of hydrogen-bond donors (Lipinski definition) is 0. The lowest BCUT2D eigenvalue weighted by Crippen LogP contribution is -2.46. The monoisotopic (exact) mass is 354 g/mol. The van der Waals surface area contributed by atoms with Crippen LogP contribution < -0.4 is 0 Å². The summed E-state index contributed by atoms with van der Waals surface area (Å²) in [5.41, 5.74) is -0.279. The Kier molecular flexibility index (Phi) is 8.00. The van der Waals surface area contributed by atoms with Crippen molar-refractivity contribution in [1.29, 1.82) is 0 Å². The molecule has 25 heavy (non-hydrogen) atoms. The van der Waals surface area contributed by atoms with E-state index in [0.29, 0.717) is 32.2 Å². The number of carbonyl (C=O) groups is 4. The van der Waals surface area contributed by atoms with Crippen LogP contribution in [0.2, 0.25) is 0 Å². The molecule has 2 saturated heterocycles. The van der Waals surface area contributed by atoms with Gasteiger partial charge in [-0.25, -0.2) is 0 Å². The fraction of sp³-hybridized carbons (Fsp3) is 0.789. The number of imide groups is 2. The molecule has 0 aromatic rings. The van der Waals surface area contributed by atoms with Crippen molar-refractivity contribution in [2.75, 3.05) is 13.6 Å². The number of piperidine rings is 2. The lowest BCUT2D eigenvalue weighted by atomic mass is 9.82. The standard InChI is InChI=1S/C10H17NO2.C8H13NO2.CH4/c1-4-5-11-8(12)6-10(2,3)7-9(11)13;1-8(2)4-6(10)9(3)7(11)5-8;/h4-7H2,1-3H3;4-5H2,1-3H3;1H4. The zero-order valence-corrected chi connectivity index (χ0v) is 15.8. The summed E-state index contributed by atoms with van der Waals surface area (Å²) in [6, 6.07) is 0. The highest BCUT2D eigenvalue weighted by Gasteiger charge is 2.37. The van der Waals surface area contributed by atoms with Gasteiger partial charge in [0.25, 0.3) is 0 Å². The highest BCUT2D eigenvalue weighted by Crippen LogP contribution is 2.31. The molecular weight excluding hydrogens is 320 g/mol. The molecule has 0 atom stereocenters. The minimum absolute atomic E-state index is 0. The van der Waals surface area contributed by atoms with Crippen molar-refractivity contribution < 1.29 is 19.2 Å². The quantitative estimate of drug-likeness (QED) is 0.715. The van der Waals surface area contributed by atoms with Crippen molar-refractivity contribution in [3.05, 3.63) is 0 Å². The summed E-state index contributed by atoms with van der Waals surface area (Å²) in [6.07, 6.45) is 2.81. The van der Waals surface area contributed by atoms with Crippen LogP contribution in [0.5, 0.6) is 0 Å². The minimum atomic E-state index is -0.140. The zero-order chi connectivity index (χ0) is 18.7. The lowest BCUT2D eigenvalue weighted by molar-refractivity contribution is -0.153. The fourth-order valence-corrected chi connectivity index (χ4v) is 2.94. The zero-order valence-electron chi connectivity index (χ0n) is 15.8. The summed E-state index contributed by atoms with van der Waals surface area (Å²) < 4.78 is 0. The summed E-state index contributed by atoms with van der Waals surface area (Å²) in [5, 5.41) is 0. The van der Waals surface area contributed by atoms with E-state index in [9.17, 15) is 19.2 Å². The molecule has 0 aromatic heterocycles. The Morgan fingerprint density at radius 3 is 1.40 bits per heavy atom. The first-order chi connectivity index (χ1) is 10.9. The molecule has 2 aliphatic heterocycles.